The minimum absolute atomic E-state index is 0.0164. The molecule has 0 aliphatic rings. The van der Waals surface area contributed by atoms with Gasteiger partial charge in [0.1, 0.15) is 23.0 Å². The zero-order chi connectivity index (χ0) is 20.6. The van der Waals surface area contributed by atoms with E-state index in [0.29, 0.717) is 4.90 Å². The summed E-state index contributed by atoms with van der Waals surface area (Å²) in [5, 5.41) is 23.2. The van der Waals surface area contributed by atoms with Gasteiger partial charge in [-0.05, 0) is 47.6 Å². The van der Waals surface area contributed by atoms with Crippen LogP contribution in [-0.2, 0) is 9.47 Å². The van der Waals surface area contributed by atoms with Crippen molar-refractivity contribution in [2.75, 3.05) is 4.90 Å². The molecule has 2 aromatic heterocycles. The molecule has 0 radical (unpaired) electrons. The van der Waals surface area contributed by atoms with Gasteiger partial charge in [-0.15, -0.1) is 0 Å². The van der Waals surface area contributed by atoms with Crippen LogP contribution in [-0.4, -0.2) is 55.2 Å². The van der Waals surface area contributed by atoms with Crippen LogP contribution in [0, 0.1) is 0 Å². The lowest BCUT2D eigenvalue weighted by Gasteiger charge is -2.28. The number of carbonyl (C=O) groups is 2. The summed E-state index contributed by atoms with van der Waals surface area (Å²) in [6.07, 6.45) is 0.531. The lowest BCUT2D eigenvalue weighted by Crippen LogP contribution is -2.45. The number of ether oxygens (including phenoxy) is 2. The van der Waals surface area contributed by atoms with Crippen molar-refractivity contribution >= 4 is 36.1 Å². The van der Waals surface area contributed by atoms with E-state index in [1.165, 1.54) is 16.8 Å². The first-order chi connectivity index (χ1) is 12.3. The molecule has 0 spiro atoms. The zero-order valence-corrected chi connectivity index (χ0v) is 16.1. The van der Waals surface area contributed by atoms with E-state index in [0.717, 1.165) is 6.33 Å². The molecular weight excluding hydrogens is 355 g/mol. The van der Waals surface area contributed by atoms with Crippen molar-refractivity contribution in [2.24, 2.45) is 0 Å². The highest BCUT2D eigenvalue weighted by Gasteiger charge is 2.36. The molecule has 27 heavy (non-hydrogen) atoms. The van der Waals surface area contributed by atoms with E-state index < -0.39 is 30.5 Å². The molecule has 0 aliphatic heterocycles. The fourth-order valence-corrected chi connectivity index (χ4v) is 2.20. The summed E-state index contributed by atoms with van der Waals surface area (Å²) in [5.41, 5.74) is -1.70. The maximum Gasteiger partial charge on any atom is 0.490 e. The summed E-state index contributed by atoms with van der Waals surface area (Å²) in [4.78, 5) is 30.1. The number of amides is 2. The molecule has 0 saturated heterocycles. The molecule has 11 heteroatoms. The highest BCUT2D eigenvalue weighted by Crippen LogP contribution is 2.23. The Labute approximate surface area is 156 Å². The number of rotatable bonds is 2. The summed E-state index contributed by atoms with van der Waals surface area (Å²) < 4.78 is 11.9. The molecule has 2 rings (SSSR count). The number of nitrogens with zero attached hydrogens (tertiary/aromatic N) is 4. The lowest BCUT2D eigenvalue weighted by molar-refractivity contribution is 0.0429. The second-order valence-corrected chi connectivity index (χ2v) is 7.82. The molecule has 2 amide bonds. The van der Waals surface area contributed by atoms with Gasteiger partial charge >= 0.3 is 19.3 Å². The minimum Gasteiger partial charge on any atom is -0.443 e. The summed E-state index contributed by atoms with van der Waals surface area (Å²) in [6, 6.07) is 1.39. The van der Waals surface area contributed by atoms with Crippen LogP contribution in [0.4, 0.5) is 15.4 Å². The maximum atomic E-state index is 12.7. The van der Waals surface area contributed by atoms with Crippen molar-refractivity contribution in [1.82, 2.24) is 14.6 Å². The van der Waals surface area contributed by atoms with Gasteiger partial charge in [0, 0.05) is 11.7 Å². The maximum absolute atomic E-state index is 12.7. The van der Waals surface area contributed by atoms with Crippen LogP contribution in [0.2, 0.25) is 0 Å². The Hall–Kier alpha value is -2.66. The number of anilines is 1. The highest BCUT2D eigenvalue weighted by molar-refractivity contribution is 6.61. The number of carbonyl (C=O) groups excluding carboxylic acids is 2. The molecule has 0 unspecified atom stereocenters. The van der Waals surface area contributed by atoms with Crippen LogP contribution >= 0.6 is 0 Å². The van der Waals surface area contributed by atoms with Crippen LogP contribution in [0.15, 0.2) is 18.6 Å². The molecule has 0 atom stereocenters. The first kappa shape index (κ1) is 20.7. The van der Waals surface area contributed by atoms with Crippen molar-refractivity contribution in [3.63, 3.8) is 0 Å². The fourth-order valence-electron chi connectivity index (χ4n) is 2.20. The lowest BCUT2D eigenvalue weighted by atomic mass is 9.81. The number of hydrogen-bond acceptors (Lipinski definition) is 8. The van der Waals surface area contributed by atoms with E-state index in [2.05, 4.69) is 10.1 Å². The third-order valence-electron chi connectivity index (χ3n) is 3.11. The van der Waals surface area contributed by atoms with Gasteiger partial charge in [-0.3, -0.25) is 0 Å². The van der Waals surface area contributed by atoms with Gasteiger partial charge < -0.3 is 19.5 Å². The van der Waals surface area contributed by atoms with Crippen molar-refractivity contribution in [2.45, 2.75) is 52.7 Å². The Balaban J connectivity index is 2.63. The van der Waals surface area contributed by atoms with E-state index in [9.17, 15) is 19.6 Å². The standard InChI is InChI=1S/C16H23BN4O6/c1-15(2,3)26-13(22)21(14(23)27-16(4,5)6)12-11-10(17(24)25)7-8-20(11)19-9-18-12/h7-9,24-25H,1-6H3. The average molecular weight is 378 g/mol. The van der Waals surface area contributed by atoms with Crippen molar-refractivity contribution in [3.05, 3.63) is 18.6 Å². The minimum atomic E-state index is -1.86. The second-order valence-electron chi connectivity index (χ2n) is 7.82. The van der Waals surface area contributed by atoms with Crippen molar-refractivity contribution in [1.29, 1.82) is 0 Å². The van der Waals surface area contributed by atoms with Gasteiger partial charge in [0.25, 0.3) is 0 Å². The Kier molecular flexibility index (Phi) is 5.48. The SMILES string of the molecule is CC(C)(C)OC(=O)N(C(=O)OC(C)(C)C)c1ncnn2ccc(B(O)O)c12. The Morgan fingerprint density at radius 2 is 1.59 bits per heavy atom. The molecule has 2 aromatic rings. The van der Waals surface area contributed by atoms with E-state index in [4.69, 9.17) is 9.47 Å². The Morgan fingerprint density at radius 3 is 2.04 bits per heavy atom. The Morgan fingerprint density at radius 1 is 1.07 bits per heavy atom. The smallest absolute Gasteiger partial charge is 0.443 e. The first-order valence-corrected chi connectivity index (χ1v) is 8.24. The predicted molar refractivity (Wildman–Crippen MR) is 97.8 cm³/mol. The van der Waals surface area contributed by atoms with Crippen LogP contribution in [0.5, 0.6) is 0 Å². The molecule has 146 valence electrons. The fraction of sp³-hybridized carbons (Fsp3) is 0.500. The summed E-state index contributed by atoms with van der Waals surface area (Å²) in [6.45, 7) is 9.88. The quantitative estimate of drug-likeness (QED) is 0.744. The van der Waals surface area contributed by atoms with Gasteiger partial charge in [0.15, 0.2) is 5.82 Å². The topological polar surface area (TPSA) is 126 Å². The summed E-state index contributed by atoms with van der Waals surface area (Å²) >= 11 is 0. The molecule has 2 heterocycles. The van der Waals surface area contributed by atoms with Crippen LogP contribution in [0.1, 0.15) is 41.5 Å². The predicted octanol–water partition coefficient (Wildman–Crippen LogP) is 1.09. The van der Waals surface area contributed by atoms with Gasteiger partial charge in [-0.1, -0.05) is 0 Å². The van der Waals surface area contributed by atoms with E-state index >= 15 is 0 Å². The molecule has 0 fully saturated rings. The molecule has 2 N–H and O–H groups in total. The molecule has 0 aliphatic carbocycles. The van der Waals surface area contributed by atoms with Crippen LogP contribution in [0.25, 0.3) is 5.52 Å². The van der Waals surface area contributed by atoms with Gasteiger partial charge in [0.2, 0.25) is 0 Å². The van der Waals surface area contributed by atoms with Gasteiger partial charge in [-0.2, -0.15) is 10.00 Å². The van der Waals surface area contributed by atoms with E-state index in [1.54, 1.807) is 41.5 Å². The van der Waals surface area contributed by atoms with Crippen molar-refractivity contribution < 1.29 is 29.1 Å². The normalized spacial score (nSPS) is 12.0. The Bertz CT molecular complexity index is 825. The number of imide groups is 1. The molecule has 0 saturated carbocycles. The zero-order valence-electron chi connectivity index (χ0n) is 16.1. The first-order valence-electron chi connectivity index (χ1n) is 8.24. The van der Waals surface area contributed by atoms with Gasteiger partial charge in [-0.25, -0.2) is 19.1 Å². The van der Waals surface area contributed by atoms with E-state index in [1.807, 2.05) is 0 Å². The average Bonchev–Trinajstić information content (AvgIpc) is 2.88. The molecule has 0 bridgehead atoms. The third kappa shape index (κ3) is 4.95. The highest BCUT2D eigenvalue weighted by atomic mass is 16.6. The summed E-state index contributed by atoms with van der Waals surface area (Å²) in [5.74, 6) is -0.193. The number of aromatic nitrogens is 3. The van der Waals surface area contributed by atoms with Gasteiger partial charge in [0.05, 0.1) is 0 Å². The largest absolute Gasteiger partial charge is 0.490 e. The second kappa shape index (κ2) is 7.16. The molecular formula is C16H23BN4O6. The number of hydrogen-bond donors (Lipinski definition) is 2. The third-order valence-corrected chi connectivity index (χ3v) is 3.11. The van der Waals surface area contributed by atoms with Crippen LogP contribution < -0.4 is 10.4 Å². The van der Waals surface area contributed by atoms with Crippen molar-refractivity contribution in [3.8, 4) is 0 Å². The van der Waals surface area contributed by atoms with E-state index in [-0.39, 0.29) is 16.8 Å². The molecule has 10 nitrogen and oxygen atoms in total. The number of fused-ring (bicyclic) bond motifs is 1. The monoisotopic (exact) mass is 378 g/mol. The summed E-state index contributed by atoms with van der Waals surface area (Å²) in [7, 11) is -1.86. The molecule has 0 aromatic carbocycles. The van der Waals surface area contributed by atoms with Crippen LogP contribution in [0.3, 0.4) is 0 Å².